The van der Waals surface area contributed by atoms with E-state index in [1.165, 1.54) is 6.92 Å². The van der Waals surface area contributed by atoms with Crippen LogP contribution in [0.3, 0.4) is 0 Å². The van der Waals surface area contributed by atoms with Gasteiger partial charge in [0, 0.05) is 27.3 Å². The highest BCUT2D eigenvalue weighted by atomic mass is 35.7. The molecule has 0 spiro atoms. The van der Waals surface area contributed by atoms with Crippen molar-refractivity contribution < 1.29 is 26.4 Å². The van der Waals surface area contributed by atoms with E-state index >= 15 is 0 Å². The third-order valence-corrected chi connectivity index (χ3v) is 3.88. The molecule has 4 nitrogen and oxygen atoms in total. The second-order valence-electron chi connectivity index (χ2n) is 4.31. The lowest BCUT2D eigenvalue weighted by atomic mass is 10.1. The van der Waals surface area contributed by atoms with E-state index in [4.69, 9.17) is 22.3 Å². The van der Waals surface area contributed by atoms with Gasteiger partial charge in [0.05, 0.1) is 11.3 Å². The molecule has 1 amide bonds. The van der Waals surface area contributed by atoms with E-state index in [1.54, 1.807) is 0 Å². The fraction of sp³-hybridized carbons (Fsp3) is 0.364. The average Bonchev–Trinajstić information content (AvgIpc) is 2.23. The normalized spacial score (nSPS) is 13.8. The number of carbonyl (C=O) groups is 1. The second kappa shape index (κ2) is 6.41. The fourth-order valence-corrected chi connectivity index (χ4v) is 2.64. The molecule has 0 saturated carbocycles. The molecule has 0 fully saturated rings. The predicted octanol–water partition coefficient (Wildman–Crippen LogP) is 3.34. The molecule has 0 aliphatic heterocycles. The van der Waals surface area contributed by atoms with Gasteiger partial charge in [-0.1, -0.05) is 11.6 Å². The van der Waals surface area contributed by atoms with E-state index in [-0.39, 0.29) is 10.6 Å². The first-order valence-electron chi connectivity index (χ1n) is 5.51. The van der Waals surface area contributed by atoms with Crippen molar-refractivity contribution in [1.82, 2.24) is 5.32 Å². The van der Waals surface area contributed by atoms with Crippen molar-refractivity contribution in [3.05, 3.63) is 28.8 Å². The molecule has 10 heteroatoms. The molecule has 21 heavy (non-hydrogen) atoms. The molecule has 1 aromatic rings. The summed E-state index contributed by atoms with van der Waals surface area (Å²) in [6.45, 7) is 1.18. The van der Waals surface area contributed by atoms with Gasteiger partial charge in [0.25, 0.3) is 15.0 Å². The Kier molecular flexibility index (Phi) is 5.51. The van der Waals surface area contributed by atoms with E-state index < -0.39 is 38.5 Å². The zero-order valence-corrected chi connectivity index (χ0v) is 12.9. The Hall–Kier alpha value is -0.990. The summed E-state index contributed by atoms with van der Waals surface area (Å²) in [5.74, 6) is -0.879. The molecule has 1 atom stereocenters. The Bertz CT molecular complexity index is 647. The van der Waals surface area contributed by atoms with E-state index in [0.717, 1.165) is 18.2 Å². The number of benzene rings is 1. The van der Waals surface area contributed by atoms with Crippen molar-refractivity contribution in [1.29, 1.82) is 0 Å². The highest BCUT2D eigenvalue weighted by Crippen LogP contribution is 2.23. The van der Waals surface area contributed by atoms with Crippen LogP contribution < -0.4 is 5.32 Å². The Morgan fingerprint density at radius 3 is 2.38 bits per heavy atom. The van der Waals surface area contributed by atoms with Gasteiger partial charge in [-0.2, -0.15) is 13.2 Å². The zero-order chi connectivity index (χ0) is 16.4. The van der Waals surface area contributed by atoms with Crippen LogP contribution in [0.4, 0.5) is 13.2 Å². The minimum Gasteiger partial charge on any atom is -0.349 e. The van der Waals surface area contributed by atoms with E-state index in [1.807, 2.05) is 0 Å². The number of carbonyl (C=O) groups excluding carboxylic acids is 1. The van der Waals surface area contributed by atoms with Crippen molar-refractivity contribution in [3.8, 4) is 0 Å². The summed E-state index contributed by atoms with van der Waals surface area (Å²) >= 11 is 5.66. The summed E-state index contributed by atoms with van der Waals surface area (Å²) in [7, 11) is 1.02. The molecule has 0 heterocycles. The number of nitrogens with one attached hydrogen (secondary N) is 1. The van der Waals surface area contributed by atoms with Crippen molar-refractivity contribution in [2.75, 3.05) is 0 Å². The van der Waals surface area contributed by atoms with Gasteiger partial charge in [-0.3, -0.25) is 4.79 Å². The Morgan fingerprint density at radius 2 is 1.90 bits per heavy atom. The maximum atomic E-state index is 12.2. The largest absolute Gasteiger partial charge is 0.391 e. The van der Waals surface area contributed by atoms with Crippen LogP contribution in [0.2, 0.25) is 5.02 Å². The highest BCUT2D eigenvalue weighted by molar-refractivity contribution is 8.13. The lowest BCUT2D eigenvalue weighted by Gasteiger charge is -2.16. The molecular weight excluding hydrogens is 354 g/mol. The lowest BCUT2D eigenvalue weighted by Crippen LogP contribution is -2.36. The molecule has 0 bridgehead atoms. The van der Waals surface area contributed by atoms with Crippen LogP contribution in [-0.4, -0.2) is 26.5 Å². The van der Waals surface area contributed by atoms with Gasteiger partial charge in [0.1, 0.15) is 0 Å². The lowest BCUT2D eigenvalue weighted by molar-refractivity contribution is -0.138. The molecule has 1 rings (SSSR count). The van der Waals surface area contributed by atoms with Gasteiger partial charge in [-0.05, 0) is 25.1 Å². The number of rotatable bonds is 4. The van der Waals surface area contributed by atoms with Crippen molar-refractivity contribution >= 4 is 37.2 Å². The van der Waals surface area contributed by atoms with E-state index in [9.17, 15) is 26.4 Å². The SMILES string of the molecule is CC(CC(F)(F)F)NC(=O)c1cc(Cl)cc(S(=O)(=O)Cl)c1. The maximum absolute atomic E-state index is 12.2. The Labute approximate surface area is 128 Å². The highest BCUT2D eigenvalue weighted by Gasteiger charge is 2.30. The second-order valence-corrected chi connectivity index (χ2v) is 7.31. The van der Waals surface area contributed by atoms with Gasteiger partial charge < -0.3 is 5.32 Å². The van der Waals surface area contributed by atoms with E-state index in [2.05, 4.69) is 5.32 Å². The summed E-state index contributed by atoms with van der Waals surface area (Å²) < 4.78 is 58.9. The third kappa shape index (κ3) is 6.11. The predicted molar refractivity (Wildman–Crippen MR) is 72.1 cm³/mol. The molecule has 0 saturated heterocycles. The van der Waals surface area contributed by atoms with Gasteiger partial charge in [0.15, 0.2) is 0 Å². The van der Waals surface area contributed by atoms with Gasteiger partial charge >= 0.3 is 6.18 Å². The van der Waals surface area contributed by atoms with Crippen LogP contribution in [0.25, 0.3) is 0 Å². The topological polar surface area (TPSA) is 63.2 Å². The quantitative estimate of drug-likeness (QED) is 0.834. The zero-order valence-electron chi connectivity index (χ0n) is 10.5. The van der Waals surface area contributed by atoms with Crippen LogP contribution in [0, 0.1) is 0 Å². The number of halogens is 5. The average molecular weight is 364 g/mol. The molecule has 118 valence electrons. The summed E-state index contributed by atoms with van der Waals surface area (Å²) in [5, 5.41) is 2.02. The third-order valence-electron chi connectivity index (χ3n) is 2.33. The first-order valence-corrected chi connectivity index (χ1v) is 8.20. The maximum Gasteiger partial charge on any atom is 0.391 e. The van der Waals surface area contributed by atoms with Crippen molar-refractivity contribution in [2.24, 2.45) is 0 Å². The van der Waals surface area contributed by atoms with Gasteiger partial charge in [0.2, 0.25) is 0 Å². The summed E-state index contributed by atoms with van der Waals surface area (Å²) in [5.41, 5.74) is -0.198. The summed E-state index contributed by atoms with van der Waals surface area (Å²) in [6, 6.07) is 1.92. The van der Waals surface area contributed by atoms with Crippen LogP contribution in [0.15, 0.2) is 23.1 Å². The number of amides is 1. The molecule has 0 aliphatic carbocycles. The number of hydrogen-bond donors (Lipinski definition) is 1. The Balaban J connectivity index is 2.96. The molecule has 1 N–H and O–H groups in total. The van der Waals surface area contributed by atoms with Crippen molar-refractivity contribution in [2.45, 2.75) is 30.5 Å². The first kappa shape index (κ1) is 18.1. The van der Waals surface area contributed by atoms with Gasteiger partial charge in [-0.25, -0.2) is 8.42 Å². The molecule has 1 unspecified atom stereocenters. The number of hydrogen-bond acceptors (Lipinski definition) is 3. The summed E-state index contributed by atoms with van der Waals surface area (Å²) in [6.07, 6.45) is -5.63. The molecule has 0 radical (unpaired) electrons. The van der Waals surface area contributed by atoms with E-state index in [0.29, 0.717) is 0 Å². The van der Waals surface area contributed by atoms with Crippen LogP contribution in [-0.2, 0) is 9.05 Å². The Morgan fingerprint density at radius 1 is 1.33 bits per heavy atom. The first-order chi connectivity index (χ1) is 9.38. The molecule has 0 aliphatic rings. The van der Waals surface area contributed by atoms with Crippen LogP contribution >= 0.6 is 22.3 Å². The minimum atomic E-state index is -4.42. The molecule has 1 aromatic carbocycles. The smallest absolute Gasteiger partial charge is 0.349 e. The van der Waals surface area contributed by atoms with Crippen LogP contribution in [0.5, 0.6) is 0 Å². The van der Waals surface area contributed by atoms with Gasteiger partial charge in [-0.15, -0.1) is 0 Å². The summed E-state index contributed by atoms with van der Waals surface area (Å²) in [4.78, 5) is 11.4. The standard InChI is InChI=1S/C11H10Cl2F3NO3S/c1-6(5-11(14,15)16)17-10(18)7-2-8(12)4-9(3-7)21(13,19)20/h2-4,6H,5H2,1H3,(H,17,18). The minimum absolute atomic E-state index is 0.0784. The van der Waals surface area contributed by atoms with Crippen LogP contribution in [0.1, 0.15) is 23.7 Å². The monoisotopic (exact) mass is 363 g/mol. The molecular formula is C11H10Cl2F3NO3S. The number of alkyl halides is 3. The fourth-order valence-electron chi connectivity index (χ4n) is 1.54. The molecule has 0 aromatic heterocycles. The van der Waals surface area contributed by atoms with Crippen molar-refractivity contribution in [3.63, 3.8) is 0 Å².